The zero-order chi connectivity index (χ0) is 19.4. The van der Waals surface area contributed by atoms with Gasteiger partial charge in [-0.05, 0) is 23.8 Å². The Balaban J connectivity index is 1.86. The monoisotopic (exact) mass is 422 g/mol. The molecule has 0 aliphatic heterocycles. The van der Waals surface area contributed by atoms with Crippen molar-refractivity contribution in [3.63, 3.8) is 0 Å². The van der Waals surface area contributed by atoms with Crippen molar-refractivity contribution in [1.29, 1.82) is 5.26 Å². The second-order valence-electron chi connectivity index (χ2n) is 5.31. The zero-order valence-electron chi connectivity index (χ0n) is 13.5. The van der Waals surface area contributed by atoms with Crippen LogP contribution in [0.2, 0.25) is 15.2 Å². The summed E-state index contributed by atoms with van der Waals surface area (Å²) in [5.41, 5.74) is 1.12. The molecule has 0 spiro atoms. The predicted molar refractivity (Wildman–Crippen MR) is 102 cm³/mol. The molecule has 136 valence electrons. The van der Waals surface area contributed by atoms with Crippen molar-refractivity contribution >= 4 is 46.3 Å². The molecule has 0 saturated heterocycles. The number of halogens is 4. The number of aromatic nitrogens is 2. The van der Waals surface area contributed by atoms with E-state index in [4.69, 9.17) is 39.5 Å². The number of benzene rings is 2. The molecule has 0 aliphatic carbocycles. The highest BCUT2D eigenvalue weighted by atomic mass is 35.5. The third-order valence-electron chi connectivity index (χ3n) is 3.47. The molecular formula is C18H10Cl3FN4O. The maximum atomic E-state index is 13.3. The van der Waals surface area contributed by atoms with Crippen molar-refractivity contribution in [1.82, 2.24) is 9.97 Å². The van der Waals surface area contributed by atoms with E-state index < -0.39 is 0 Å². The zero-order valence-corrected chi connectivity index (χ0v) is 15.8. The van der Waals surface area contributed by atoms with E-state index in [-0.39, 0.29) is 39.0 Å². The SMILES string of the molecule is N#Cc1c(Cl)ncnc1Nc1cc(OCc2cccc(F)c2)c(Cl)cc1Cl. The van der Waals surface area contributed by atoms with E-state index in [1.54, 1.807) is 18.2 Å². The number of nitriles is 1. The first-order chi connectivity index (χ1) is 13.0. The van der Waals surface area contributed by atoms with Crippen LogP contribution >= 0.6 is 34.8 Å². The molecule has 1 aromatic heterocycles. The standard InChI is InChI=1S/C18H10Cl3FN4O/c19-13-5-14(20)16(27-8-10-2-1-3-11(22)4-10)6-15(13)26-18-12(7-23)17(21)24-9-25-18/h1-6,9H,8H2,(H,24,25,26). The summed E-state index contributed by atoms with van der Waals surface area (Å²) in [5.74, 6) is 0.162. The normalized spacial score (nSPS) is 10.3. The Hall–Kier alpha value is -2.59. The molecule has 3 aromatic rings. The van der Waals surface area contributed by atoms with Gasteiger partial charge in [-0.1, -0.05) is 46.9 Å². The fourth-order valence-corrected chi connectivity index (χ4v) is 2.87. The Morgan fingerprint density at radius 3 is 2.67 bits per heavy atom. The van der Waals surface area contributed by atoms with Gasteiger partial charge < -0.3 is 10.1 Å². The lowest BCUT2D eigenvalue weighted by Gasteiger charge is -2.13. The van der Waals surface area contributed by atoms with E-state index in [1.165, 1.54) is 24.5 Å². The van der Waals surface area contributed by atoms with Gasteiger partial charge in [-0.25, -0.2) is 14.4 Å². The highest BCUT2D eigenvalue weighted by molar-refractivity contribution is 6.37. The van der Waals surface area contributed by atoms with E-state index in [0.29, 0.717) is 17.0 Å². The number of rotatable bonds is 5. The number of nitrogens with one attached hydrogen (secondary N) is 1. The first kappa shape index (κ1) is 19.2. The van der Waals surface area contributed by atoms with Gasteiger partial charge in [0.2, 0.25) is 0 Å². The molecule has 0 aliphatic rings. The van der Waals surface area contributed by atoms with E-state index >= 15 is 0 Å². The van der Waals surface area contributed by atoms with E-state index in [1.807, 2.05) is 6.07 Å². The van der Waals surface area contributed by atoms with Gasteiger partial charge in [0.1, 0.15) is 36.1 Å². The molecule has 0 unspecified atom stereocenters. The number of hydrogen-bond donors (Lipinski definition) is 1. The maximum absolute atomic E-state index is 13.3. The highest BCUT2D eigenvalue weighted by Gasteiger charge is 2.14. The third-order valence-corrected chi connectivity index (χ3v) is 4.37. The summed E-state index contributed by atoms with van der Waals surface area (Å²) in [6.45, 7) is 0.112. The predicted octanol–water partition coefficient (Wildman–Crippen LogP) is 5.77. The smallest absolute Gasteiger partial charge is 0.153 e. The summed E-state index contributed by atoms with van der Waals surface area (Å²) in [5, 5.41) is 12.7. The van der Waals surface area contributed by atoms with Crippen LogP contribution in [0.25, 0.3) is 0 Å². The molecule has 1 heterocycles. The second kappa shape index (κ2) is 8.40. The Kier molecular flexibility index (Phi) is 5.97. The van der Waals surface area contributed by atoms with Gasteiger partial charge in [0.05, 0.1) is 15.7 Å². The number of hydrogen-bond acceptors (Lipinski definition) is 5. The van der Waals surface area contributed by atoms with Crippen molar-refractivity contribution in [3.05, 3.63) is 74.9 Å². The van der Waals surface area contributed by atoms with Crippen LogP contribution in [0, 0.1) is 17.1 Å². The van der Waals surface area contributed by atoms with Crippen molar-refractivity contribution in [2.24, 2.45) is 0 Å². The van der Waals surface area contributed by atoms with Gasteiger partial charge in [-0.3, -0.25) is 0 Å². The van der Waals surface area contributed by atoms with Crippen LogP contribution in [0.5, 0.6) is 5.75 Å². The molecule has 0 bridgehead atoms. The Morgan fingerprint density at radius 1 is 1.11 bits per heavy atom. The molecule has 1 N–H and O–H groups in total. The van der Waals surface area contributed by atoms with Gasteiger partial charge in [0.25, 0.3) is 0 Å². The van der Waals surface area contributed by atoms with Crippen molar-refractivity contribution < 1.29 is 9.13 Å². The molecule has 0 atom stereocenters. The van der Waals surface area contributed by atoms with Crippen molar-refractivity contribution in [3.8, 4) is 11.8 Å². The highest BCUT2D eigenvalue weighted by Crippen LogP contribution is 2.36. The average molecular weight is 424 g/mol. The molecular weight excluding hydrogens is 414 g/mol. The van der Waals surface area contributed by atoms with Gasteiger partial charge in [0.15, 0.2) is 11.0 Å². The number of anilines is 2. The van der Waals surface area contributed by atoms with Crippen LogP contribution in [0.1, 0.15) is 11.1 Å². The lowest BCUT2D eigenvalue weighted by Crippen LogP contribution is -2.01. The van der Waals surface area contributed by atoms with Gasteiger partial charge >= 0.3 is 0 Å². The summed E-state index contributed by atoms with van der Waals surface area (Å²) in [7, 11) is 0. The fourth-order valence-electron chi connectivity index (χ4n) is 2.21. The fraction of sp³-hybridized carbons (Fsp3) is 0.0556. The molecule has 0 radical (unpaired) electrons. The quantitative estimate of drug-likeness (QED) is 0.527. The number of nitrogens with zero attached hydrogens (tertiary/aromatic N) is 3. The van der Waals surface area contributed by atoms with E-state index in [9.17, 15) is 9.65 Å². The van der Waals surface area contributed by atoms with Gasteiger partial charge in [-0.2, -0.15) is 5.26 Å². The van der Waals surface area contributed by atoms with Crippen LogP contribution in [0.15, 0.2) is 42.7 Å². The van der Waals surface area contributed by atoms with Gasteiger partial charge in [-0.15, -0.1) is 0 Å². The Labute approximate surface area is 169 Å². The maximum Gasteiger partial charge on any atom is 0.153 e. The van der Waals surface area contributed by atoms with Crippen molar-refractivity contribution in [2.75, 3.05) is 5.32 Å². The first-order valence-electron chi connectivity index (χ1n) is 7.52. The van der Waals surface area contributed by atoms with Crippen LogP contribution in [0.3, 0.4) is 0 Å². The molecule has 5 nitrogen and oxygen atoms in total. The van der Waals surface area contributed by atoms with Crippen LogP contribution in [0.4, 0.5) is 15.9 Å². The van der Waals surface area contributed by atoms with Crippen LogP contribution in [-0.4, -0.2) is 9.97 Å². The van der Waals surface area contributed by atoms with E-state index in [2.05, 4.69) is 15.3 Å². The minimum atomic E-state index is -0.356. The Morgan fingerprint density at radius 2 is 1.93 bits per heavy atom. The molecule has 0 amide bonds. The summed E-state index contributed by atoms with van der Waals surface area (Å²) in [6.07, 6.45) is 1.22. The molecule has 9 heteroatoms. The largest absolute Gasteiger partial charge is 0.487 e. The topological polar surface area (TPSA) is 70.8 Å². The van der Waals surface area contributed by atoms with Crippen LogP contribution in [-0.2, 0) is 6.61 Å². The second-order valence-corrected chi connectivity index (χ2v) is 6.48. The molecule has 2 aromatic carbocycles. The summed E-state index contributed by atoms with van der Waals surface area (Å²) >= 11 is 18.3. The molecule has 0 fully saturated rings. The molecule has 0 saturated carbocycles. The average Bonchev–Trinajstić information content (AvgIpc) is 2.63. The summed E-state index contributed by atoms with van der Waals surface area (Å²) in [6, 6.07) is 11.0. The molecule has 27 heavy (non-hydrogen) atoms. The minimum Gasteiger partial charge on any atom is -0.487 e. The van der Waals surface area contributed by atoms with Crippen LogP contribution < -0.4 is 10.1 Å². The first-order valence-corrected chi connectivity index (χ1v) is 8.65. The third kappa shape index (κ3) is 4.58. The lowest BCUT2D eigenvalue weighted by atomic mass is 10.2. The Bertz CT molecular complexity index is 1040. The molecule has 3 rings (SSSR count). The summed E-state index contributed by atoms with van der Waals surface area (Å²) in [4.78, 5) is 7.76. The number of ether oxygens (including phenoxy) is 1. The summed E-state index contributed by atoms with van der Waals surface area (Å²) < 4.78 is 18.9. The van der Waals surface area contributed by atoms with Crippen molar-refractivity contribution in [2.45, 2.75) is 6.61 Å². The lowest BCUT2D eigenvalue weighted by molar-refractivity contribution is 0.306. The minimum absolute atomic E-state index is 0.0164. The van der Waals surface area contributed by atoms with E-state index in [0.717, 1.165) is 0 Å². The van der Waals surface area contributed by atoms with Gasteiger partial charge in [0, 0.05) is 6.07 Å².